The van der Waals surface area contributed by atoms with Gasteiger partial charge in [0.1, 0.15) is 0 Å². The van der Waals surface area contributed by atoms with Crippen LogP contribution in [-0.4, -0.2) is 16.6 Å². The summed E-state index contributed by atoms with van der Waals surface area (Å²) in [5.41, 5.74) is -4.06. The lowest BCUT2D eigenvalue weighted by molar-refractivity contribution is -0.0329. The maximum Gasteiger partial charge on any atom is 0.441 e. The predicted octanol–water partition coefficient (Wildman–Crippen LogP) is 4.43. The zero-order valence-corrected chi connectivity index (χ0v) is 9.61. The summed E-state index contributed by atoms with van der Waals surface area (Å²) >= 11 is 6.01. The highest BCUT2D eigenvalue weighted by atomic mass is 35.5. The lowest BCUT2D eigenvalue weighted by Crippen LogP contribution is -2.14. The van der Waals surface area contributed by atoms with Crippen LogP contribution >= 0.6 is 23.4 Å². The number of halogens is 4. The molecule has 0 heterocycles. The molecule has 14 heavy (non-hydrogen) atoms. The first-order valence-corrected chi connectivity index (χ1v) is 6.08. The fraction of sp³-hybridized carbons (Fsp3) is 1.00. The van der Waals surface area contributed by atoms with E-state index < -0.39 is 5.51 Å². The maximum absolute atomic E-state index is 11.9. The molecule has 0 nitrogen and oxygen atoms in total. The second kappa shape index (κ2) is 4.52. The van der Waals surface area contributed by atoms with Gasteiger partial charge in [-0.25, -0.2) is 0 Å². The highest BCUT2D eigenvalue weighted by Crippen LogP contribution is 2.44. The quantitative estimate of drug-likeness (QED) is 0.664. The van der Waals surface area contributed by atoms with Crippen molar-refractivity contribution in [2.45, 2.75) is 43.5 Å². The number of hydrogen-bond donors (Lipinski definition) is 0. The Morgan fingerprint density at radius 2 is 2.14 bits per heavy atom. The molecular formula is C9H14ClF3S. The van der Waals surface area contributed by atoms with E-state index in [1.54, 1.807) is 0 Å². The average Bonchev–Trinajstić information content (AvgIpc) is 2.28. The van der Waals surface area contributed by atoms with Crippen LogP contribution in [0.2, 0.25) is 0 Å². The Kier molecular flexibility index (Phi) is 4.03. The van der Waals surface area contributed by atoms with E-state index in [0.717, 1.165) is 19.3 Å². The molecule has 0 aromatic carbocycles. The molecular weight excluding hydrogens is 233 g/mol. The molecule has 0 N–H and O–H groups in total. The fourth-order valence-corrected chi connectivity index (χ4v) is 3.19. The molecule has 0 spiro atoms. The van der Waals surface area contributed by atoms with Crippen LogP contribution in [0.1, 0.15) is 32.6 Å². The van der Waals surface area contributed by atoms with Crippen molar-refractivity contribution in [3.8, 4) is 0 Å². The van der Waals surface area contributed by atoms with Crippen molar-refractivity contribution in [1.29, 1.82) is 0 Å². The number of alkyl halides is 4. The van der Waals surface area contributed by atoms with Crippen LogP contribution in [0.4, 0.5) is 13.2 Å². The van der Waals surface area contributed by atoms with E-state index in [0.29, 0.717) is 6.42 Å². The van der Waals surface area contributed by atoms with Gasteiger partial charge in [-0.15, -0.1) is 11.6 Å². The normalized spacial score (nSPS) is 33.6. The third kappa shape index (κ3) is 4.30. The fourth-order valence-electron chi connectivity index (χ4n) is 1.88. The van der Waals surface area contributed by atoms with Crippen molar-refractivity contribution < 1.29 is 13.2 Å². The number of rotatable bonds is 3. The Morgan fingerprint density at radius 3 is 2.57 bits per heavy atom. The van der Waals surface area contributed by atoms with E-state index in [2.05, 4.69) is 0 Å². The Balaban J connectivity index is 2.24. The lowest BCUT2D eigenvalue weighted by atomic mass is 9.86. The van der Waals surface area contributed by atoms with Crippen molar-refractivity contribution in [3.63, 3.8) is 0 Å². The Hall–Kier alpha value is 0.430. The smallest absolute Gasteiger partial charge is 0.160 e. The zero-order valence-electron chi connectivity index (χ0n) is 8.03. The van der Waals surface area contributed by atoms with E-state index in [9.17, 15) is 13.2 Å². The molecule has 0 aliphatic heterocycles. The predicted molar refractivity (Wildman–Crippen MR) is 54.7 cm³/mol. The van der Waals surface area contributed by atoms with Gasteiger partial charge in [-0.2, -0.15) is 13.2 Å². The van der Waals surface area contributed by atoms with Gasteiger partial charge in [0.25, 0.3) is 0 Å². The molecule has 5 heteroatoms. The van der Waals surface area contributed by atoms with Gasteiger partial charge >= 0.3 is 5.51 Å². The first kappa shape index (κ1) is 12.5. The van der Waals surface area contributed by atoms with E-state index >= 15 is 0 Å². The summed E-state index contributed by atoms with van der Waals surface area (Å²) in [6, 6.07) is 0. The van der Waals surface area contributed by atoms with E-state index in [-0.39, 0.29) is 28.3 Å². The van der Waals surface area contributed by atoms with Crippen LogP contribution in [0.15, 0.2) is 0 Å². The van der Waals surface area contributed by atoms with E-state index in [4.69, 9.17) is 11.6 Å². The van der Waals surface area contributed by atoms with Gasteiger partial charge in [0.2, 0.25) is 0 Å². The second-order valence-electron chi connectivity index (χ2n) is 4.19. The van der Waals surface area contributed by atoms with Gasteiger partial charge in [0.15, 0.2) is 0 Å². The Labute approximate surface area is 91.6 Å². The average molecular weight is 247 g/mol. The second-order valence-corrected chi connectivity index (χ2v) is 5.97. The lowest BCUT2D eigenvalue weighted by Gasteiger charge is -2.23. The molecule has 1 saturated carbocycles. The maximum atomic E-state index is 11.9. The van der Waals surface area contributed by atoms with Crippen molar-refractivity contribution in [2.24, 2.45) is 5.41 Å². The summed E-state index contributed by atoms with van der Waals surface area (Å²) in [6.45, 7) is 2.03. The van der Waals surface area contributed by atoms with Crippen LogP contribution in [0.5, 0.6) is 0 Å². The summed E-state index contributed by atoms with van der Waals surface area (Å²) in [6.07, 6.45) is 3.36. The molecule has 1 rings (SSSR count). The zero-order chi connectivity index (χ0) is 10.8. The van der Waals surface area contributed by atoms with Crippen LogP contribution in [0, 0.1) is 5.41 Å². The van der Waals surface area contributed by atoms with Gasteiger partial charge in [-0.1, -0.05) is 18.7 Å². The third-order valence-electron chi connectivity index (χ3n) is 2.75. The van der Waals surface area contributed by atoms with Gasteiger partial charge in [-0.05, 0) is 31.1 Å². The van der Waals surface area contributed by atoms with Crippen LogP contribution < -0.4 is 0 Å². The third-order valence-corrected chi connectivity index (χ3v) is 3.85. The highest BCUT2D eigenvalue weighted by Gasteiger charge is 2.35. The summed E-state index contributed by atoms with van der Waals surface area (Å²) in [7, 11) is 0. The molecule has 0 amide bonds. The minimum Gasteiger partial charge on any atom is -0.160 e. The molecule has 1 fully saturated rings. The topological polar surface area (TPSA) is 0 Å². The summed E-state index contributed by atoms with van der Waals surface area (Å²) in [5.74, 6) is 0.156. The SMILES string of the molecule is CC1(CCSC(F)(F)F)CCC(Cl)C1. The largest absolute Gasteiger partial charge is 0.441 e. The molecule has 0 bridgehead atoms. The monoisotopic (exact) mass is 246 g/mol. The van der Waals surface area contributed by atoms with Gasteiger partial charge in [0.05, 0.1) is 0 Å². The summed E-state index contributed by atoms with van der Waals surface area (Å²) in [5, 5.41) is 0.163. The van der Waals surface area contributed by atoms with Gasteiger partial charge in [0, 0.05) is 11.1 Å². The standard InChI is InChI=1S/C9H14ClF3S/c1-8(3-2-7(10)6-8)4-5-14-9(11,12)13/h7H,2-6H2,1H3. The van der Waals surface area contributed by atoms with Crippen LogP contribution in [-0.2, 0) is 0 Å². The minimum atomic E-state index is -4.09. The molecule has 0 radical (unpaired) electrons. The van der Waals surface area contributed by atoms with Gasteiger partial charge in [-0.3, -0.25) is 0 Å². The molecule has 1 aliphatic carbocycles. The molecule has 1 aliphatic rings. The van der Waals surface area contributed by atoms with Gasteiger partial charge < -0.3 is 0 Å². The molecule has 0 aromatic heterocycles. The van der Waals surface area contributed by atoms with Crippen molar-refractivity contribution in [1.82, 2.24) is 0 Å². The molecule has 2 unspecified atom stereocenters. The Bertz CT molecular complexity index is 195. The number of hydrogen-bond acceptors (Lipinski definition) is 1. The first-order valence-electron chi connectivity index (χ1n) is 4.66. The number of thioether (sulfide) groups is 1. The summed E-state index contributed by atoms with van der Waals surface area (Å²) < 4.78 is 35.6. The van der Waals surface area contributed by atoms with Crippen LogP contribution in [0.3, 0.4) is 0 Å². The van der Waals surface area contributed by atoms with Crippen molar-refractivity contribution in [3.05, 3.63) is 0 Å². The molecule has 0 aromatic rings. The van der Waals surface area contributed by atoms with E-state index in [1.807, 2.05) is 6.92 Å². The Morgan fingerprint density at radius 1 is 1.50 bits per heavy atom. The molecule has 2 atom stereocenters. The van der Waals surface area contributed by atoms with Crippen molar-refractivity contribution >= 4 is 23.4 Å². The first-order chi connectivity index (χ1) is 6.31. The minimum absolute atomic E-state index is 0.0324. The highest BCUT2D eigenvalue weighted by molar-refractivity contribution is 8.00. The van der Waals surface area contributed by atoms with Crippen molar-refractivity contribution in [2.75, 3.05) is 5.75 Å². The summed E-state index contributed by atoms with van der Waals surface area (Å²) in [4.78, 5) is 0. The van der Waals surface area contributed by atoms with E-state index in [1.165, 1.54) is 0 Å². The molecule has 0 saturated heterocycles. The molecule has 84 valence electrons. The van der Waals surface area contributed by atoms with Crippen LogP contribution in [0.25, 0.3) is 0 Å².